The van der Waals surface area contributed by atoms with Crippen molar-refractivity contribution < 1.29 is 25.6 Å². The molecule has 0 aliphatic rings. The molecule has 0 fully saturated rings. The lowest BCUT2D eigenvalue weighted by Crippen LogP contribution is -2.14. The first-order chi connectivity index (χ1) is 12.1. The average Bonchev–Trinajstić information content (AvgIpc) is 2.61. The second kappa shape index (κ2) is 7.71. The molecule has 1 N–H and O–H groups in total. The molecule has 0 saturated carbocycles. The van der Waals surface area contributed by atoms with Gasteiger partial charge in [0.05, 0.1) is 9.79 Å². The highest BCUT2D eigenvalue weighted by Crippen LogP contribution is 2.24. The van der Waals surface area contributed by atoms with E-state index in [0.717, 1.165) is 36.2 Å². The Morgan fingerprint density at radius 2 is 1.38 bits per heavy atom. The van der Waals surface area contributed by atoms with E-state index in [1.54, 1.807) is 12.1 Å². The van der Waals surface area contributed by atoms with E-state index in [4.69, 9.17) is 0 Å². The predicted octanol–water partition coefficient (Wildman–Crippen LogP) is 4.00. The predicted molar refractivity (Wildman–Crippen MR) is 95.6 cm³/mol. The minimum Gasteiger partial charge on any atom is -0.280 e. The molecule has 5 nitrogen and oxygen atoms in total. The molecule has 0 aromatic heterocycles. The second-order valence-corrected chi connectivity index (χ2v) is 9.41. The van der Waals surface area contributed by atoms with Crippen molar-refractivity contribution >= 4 is 25.5 Å². The molecule has 142 valence electrons. The van der Waals surface area contributed by atoms with Gasteiger partial charge in [-0.25, -0.2) is 16.8 Å². The zero-order valence-corrected chi connectivity index (χ0v) is 15.8. The van der Waals surface area contributed by atoms with Gasteiger partial charge < -0.3 is 0 Å². The molecule has 26 heavy (non-hydrogen) atoms. The highest BCUT2D eigenvalue weighted by molar-refractivity contribution is 7.92. The van der Waals surface area contributed by atoms with Gasteiger partial charge >= 0.3 is 5.76 Å². The van der Waals surface area contributed by atoms with Gasteiger partial charge in [0.2, 0.25) is 9.84 Å². The normalized spacial score (nSPS) is 13.6. The van der Waals surface area contributed by atoms with Gasteiger partial charge in [0.15, 0.2) is 0 Å². The number of sulfonamides is 1. The Morgan fingerprint density at radius 1 is 0.885 bits per heavy atom. The number of hydrogen-bond acceptors (Lipinski definition) is 4. The summed E-state index contributed by atoms with van der Waals surface area (Å²) in [6.07, 6.45) is 0.929. The highest BCUT2D eigenvalue weighted by atomic mass is 32.2. The zero-order valence-electron chi connectivity index (χ0n) is 14.2. The molecule has 2 aromatic rings. The van der Waals surface area contributed by atoms with Gasteiger partial charge in [-0.05, 0) is 54.3 Å². The van der Waals surface area contributed by atoms with Gasteiger partial charge in [0, 0.05) is 5.69 Å². The first kappa shape index (κ1) is 20.3. The topological polar surface area (TPSA) is 80.3 Å². The molecule has 0 amide bonds. The van der Waals surface area contributed by atoms with Gasteiger partial charge in [-0.1, -0.05) is 26.0 Å². The maximum absolute atomic E-state index is 12.5. The number of anilines is 1. The number of halogens is 2. The first-order valence-electron chi connectivity index (χ1n) is 7.83. The van der Waals surface area contributed by atoms with E-state index in [1.165, 1.54) is 12.1 Å². The Morgan fingerprint density at radius 3 is 1.85 bits per heavy atom. The molecule has 0 spiro atoms. The third-order valence-electron chi connectivity index (χ3n) is 4.04. The average molecular weight is 403 g/mol. The standard InChI is InChI=1S/C17H19F2NO4S2/c1-3-12(2)13-4-8-16(9-5-13)26(23,24)20-14-6-10-15(11-7-14)25(21,22)17(18)19/h4-12,17,20H,3H2,1-2H3/t12-/m0/s1. The lowest BCUT2D eigenvalue weighted by Gasteiger charge is -2.12. The van der Waals surface area contributed by atoms with Crippen LogP contribution in [0.3, 0.4) is 0 Å². The SMILES string of the molecule is CC[C@H](C)c1ccc(S(=O)(=O)Nc2ccc(S(=O)(=O)C(F)F)cc2)cc1. The van der Waals surface area contributed by atoms with Crippen molar-refractivity contribution in [3.8, 4) is 0 Å². The van der Waals surface area contributed by atoms with Crippen LogP contribution >= 0.6 is 0 Å². The quantitative estimate of drug-likeness (QED) is 0.758. The van der Waals surface area contributed by atoms with Crippen LogP contribution in [0.15, 0.2) is 58.3 Å². The highest BCUT2D eigenvalue weighted by Gasteiger charge is 2.26. The summed E-state index contributed by atoms with van der Waals surface area (Å²) in [5, 5.41) is 0. The fraction of sp³-hybridized carbons (Fsp3) is 0.294. The van der Waals surface area contributed by atoms with Gasteiger partial charge in [0.25, 0.3) is 10.0 Å². The molecule has 0 heterocycles. The molecule has 0 saturated heterocycles. The second-order valence-electron chi connectivity index (χ2n) is 5.81. The molecule has 0 radical (unpaired) electrons. The Bertz CT molecular complexity index is 955. The van der Waals surface area contributed by atoms with Gasteiger partial charge in [-0.3, -0.25) is 4.72 Å². The molecular weight excluding hydrogens is 384 g/mol. The fourth-order valence-corrected chi connectivity index (χ4v) is 4.02. The number of hydrogen-bond donors (Lipinski definition) is 1. The van der Waals surface area contributed by atoms with Crippen molar-refractivity contribution in [1.29, 1.82) is 0 Å². The van der Waals surface area contributed by atoms with Crippen LogP contribution in [0, 0.1) is 0 Å². The number of benzene rings is 2. The van der Waals surface area contributed by atoms with Crippen molar-refractivity contribution in [2.45, 2.75) is 41.7 Å². The smallest absolute Gasteiger partial charge is 0.280 e. The van der Waals surface area contributed by atoms with Gasteiger partial charge in [0.1, 0.15) is 0 Å². The van der Waals surface area contributed by atoms with Crippen LogP contribution in [-0.2, 0) is 19.9 Å². The van der Waals surface area contributed by atoms with E-state index in [-0.39, 0.29) is 10.6 Å². The third-order valence-corrected chi connectivity index (χ3v) is 6.84. The molecule has 0 unspecified atom stereocenters. The third kappa shape index (κ3) is 4.39. The molecule has 2 rings (SSSR count). The zero-order chi connectivity index (χ0) is 19.5. The van der Waals surface area contributed by atoms with Crippen LogP contribution in [0.2, 0.25) is 0 Å². The minimum absolute atomic E-state index is 0.0498. The van der Waals surface area contributed by atoms with E-state index < -0.39 is 30.5 Å². The van der Waals surface area contributed by atoms with Crippen molar-refractivity contribution in [2.24, 2.45) is 0 Å². The minimum atomic E-state index is -4.72. The van der Waals surface area contributed by atoms with E-state index in [9.17, 15) is 25.6 Å². The van der Waals surface area contributed by atoms with Crippen molar-refractivity contribution in [1.82, 2.24) is 0 Å². The maximum Gasteiger partial charge on any atom is 0.341 e. The number of alkyl halides is 2. The fourth-order valence-electron chi connectivity index (χ4n) is 2.24. The van der Waals surface area contributed by atoms with Crippen LogP contribution in [-0.4, -0.2) is 22.6 Å². The summed E-state index contributed by atoms with van der Waals surface area (Å²) >= 11 is 0. The molecule has 9 heteroatoms. The molecule has 0 aliphatic heterocycles. The largest absolute Gasteiger partial charge is 0.341 e. The summed E-state index contributed by atoms with van der Waals surface area (Å²) in [5.41, 5.74) is 1.09. The Kier molecular flexibility index (Phi) is 6.02. The van der Waals surface area contributed by atoms with E-state index in [2.05, 4.69) is 4.72 Å². The first-order valence-corrected chi connectivity index (χ1v) is 10.9. The number of sulfone groups is 1. The summed E-state index contributed by atoms with van der Waals surface area (Å²) in [5.74, 6) is -3.22. The van der Waals surface area contributed by atoms with Crippen molar-refractivity contribution in [3.05, 3.63) is 54.1 Å². The molecule has 0 bridgehead atoms. The van der Waals surface area contributed by atoms with Crippen LogP contribution in [0.4, 0.5) is 14.5 Å². The maximum atomic E-state index is 12.5. The molecule has 2 aromatic carbocycles. The molecule has 1 atom stereocenters. The lowest BCUT2D eigenvalue weighted by atomic mass is 9.99. The Balaban J connectivity index is 2.22. The summed E-state index contributed by atoms with van der Waals surface area (Å²) in [4.78, 5) is -0.526. The number of rotatable bonds is 7. The monoisotopic (exact) mass is 403 g/mol. The number of nitrogens with one attached hydrogen (secondary N) is 1. The van der Waals surface area contributed by atoms with Gasteiger partial charge in [-0.2, -0.15) is 8.78 Å². The summed E-state index contributed by atoms with van der Waals surface area (Å²) < 4.78 is 74.8. The summed E-state index contributed by atoms with van der Waals surface area (Å²) in [7, 11) is -8.59. The molecular formula is C17H19F2NO4S2. The Labute approximate surface area is 152 Å². The lowest BCUT2D eigenvalue weighted by molar-refractivity contribution is 0.234. The van der Waals surface area contributed by atoms with Crippen LogP contribution in [0.25, 0.3) is 0 Å². The Hall–Kier alpha value is -2.00. The van der Waals surface area contributed by atoms with Crippen LogP contribution < -0.4 is 4.72 Å². The summed E-state index contributed by atoms with van der Waals surface area (Å²) in [6, 6.07) is 10.6. The van der Waals surface area contributed by atoms with E-state index >= 15 is 0 Å². The van der Waals surface area contributed by atoms with Crippen LogP contribution in [0.1, 0.15) is 31.7 Å². The van der Waals surface area contributed by atoms with Crippen molar-refractivity contribution in [2.75, 3.05) is 4.72 Å². The van der Waals surface area contributed by atoms with Crippen LogP contribution in [0.5, 0.6) is 0 Å². The van der Waals surface area contributed by atoms with Gasteiger partial charge in [-0.15, -0.1) is 0 Å². The van der Waals surface area contributed by atoms with E-state index in [1.807, 2.05) is 13.8 Å². The van der Waals surface area contributed by atoms with E-state index in [0.29, 0.717) is 5.92 Å². The summed E-state index contributed by atoms with van der Waals surface area (Å²) in [6.45, 7) is 4.07. The molecule has 0 aliphatic carbocycles. The van der Waals surface area contributed by atoms with Crippen molar-refractivity contribution in [3.63, 3.8) is 0 Å².